The van der Waals surface area contributed by atoms with Gasteiger partial charge in [-0.15, -0.1) is 0 Å². The first kappa shape index (κ1) is 20.5. The minimum absolute atomic E-state index is 0.0631. The van der Waals surface area contributed by atoms with E-state index in [0.29, 0.717) is 25.3 Å². The quantitative estimate of drug-likeness (QED) is 0.775. The molecular formula is C20H23FN4O4. The maximum Gasteiger partial charge on any atom is 0.323 e. The van der Waals surface area contributed by atoms with Gasteiger partial charge < -0.3 is 25.0 Å². The van der Waals surface area contributed by atoms with E-state index in [1.165, 1.54) is 31.3 Å². The Morgan fingerprint density at radius 2 is 2.07 bits per heavy atom. The molecule has 0 spiro atoms. The molecule has 3 amide bonds. The van der Waals surface area contributed by atoms with Gasteiger partial charge in [0.1, 0.15) is 17.7 Å². The third-order valence-corrected chi connectivity index (χ3v) is 4.49. The molecule has 2 N–H and O–H groups in total. The minimum Gasteiger partial charge on any atom is -0.488 e. The Kier molecular flexibility index (Phi) is 6.61. The Balaban J connectivity index is 1.64. The highest BCUT2D eigenvalue weighted by atomic mass is 19.1. The number of hydrogen-bond donors (Lipinski definition) is 2. The van der Waals surface area contributed by atoms with Gasteiger partial charge in [0, 0.05) is 44.5 Å². The van der Waals surface area contributed by atoms with Crippen LogP contribution in [-0.4, -0.2) is 54.2 Å². The van der Waals surface area contributed by atoms with E-state index in [1.807, 2.05) is 0 Å². The first-order valence-corrected chi connectivity index (χ1v) is 9.16. The number of nitrogens with zero attached hydrogens (tertiary/aromatic N) is 2. The van der Waals surface area contributed by atoms with Gasteiger partial charge in [0.15, 0.2) is 0 Å². The summed E-state index contributed by atoms with van der Waals surface area (Å²) in [5.41, 5.74) is 0.758. The zero-order valence-electron chi connectivity index (χ0n) is 16.2. The SMILES string of the molecule is COC[C@H]1C[C@H](Oc2cc(F)cc(NC(=O)Nc3cccnc3)c2)CN1C(C)=O. The van der Waals surface area contributed by atoms with Crippen molar-refractivity contribution in [2.24, 2.45) is 0 Å². The van der Waals surface area contributed by atoms with Crippen molar-refractivity contribution in [1.29, 1.82) is 0 Å². The molecule has 154 valence electrons. The van der Waals surface area contributed by atoms with Crippen LogP contribution in [0.1, 0.15) is 13.3 Å². The van der Waals surface area contributed by atoms with Gasteiger partial charge in [-0.3, -0.25) is 9.78 Å². The summed E-state index contributed by atoms with van der Waals surface area (Å²) in [6.45, 7) is 2.30. The minimum atomic E-state index is -0.547. The van der Waals surface area contributed by atoms with Gasteiger partial charge in [-0.2, -0.15) is 0 Å². The largest absolute Gasteiger partial charge is 0.488 e. The van der Waals surface area contributed by atoms with Gasteiger partial charge in [0.05, 0.1) is 31.1 Å². The molecule has 8 nitrogen and oxygen atoms in total. The van der Waals surface area contributed by atoms with E-state index in [1.54, 1.807) is 30.3 Å². The number of halogens is 1. The second-order valence-corrected chi connectivity index (χ2v) is 6.75. The number of carbonyl (C=O) groups excluding carboxylic acids is 2. The van der Waals surface area contributed by atoms with Crippen molar-refractivity contribution in [3.8, 4) is 5.75 Å². The zero-order chi connectivity index (χ0) is 20.8. The van der Waals surface area contributed by atoms with Crippen molar-refractivity contribution in [2.45, 2.75) is 25.5 Å². The molecule has 0 unspecified atom stereocenters. The van der Waals surface area contributed by atoms with Crippen LogP contribution < -0.4 is 15.4 Å². The van der Waals surface area contributed by atoms with Crippen LogP contribution >= 0.6 is 0 Å². The number of ether oxygens (including phenoxy) is 2. The summed E-state index contributed by atoms with van der Waals surface area (Å²) in [4.78, 5) is 29.5. The smallest absolute Gasteiger partial charge is 0.323 e. The molecule has 1 aromatic heterocycles. The highest BCUT2D eigenvalue weighted by Gasteiger charge is 2.35. The van der Waals surface area contributed by atoms with Crippen LogP contribution in [0.25, 0.3) is 0 Å². The Morgan fingerprint density at radius 1 is 1.28 bits per heavy atom. The van der Waals surface area contributed by atoms with E-state index in [-0.39, 0.29) is 29.5 Å². The van der Waals surface area contributed by atoms with Gasteiger partial charge in [-0.1, -0.05) is 0 Å². The highest BCUT2D eigenvalue weighted by molar-refractivity contribution is 5.99. The first-order chi connectivity index (χ1) is 13.9. The summed E-state index contributed by atoms with van der Waals surface area (Å²) >= 11 is 0. The molecule has 2 aromatic rings. The Morgan fingerprint density at radius 3 is 2.76 bits per heavy atom. The summed E-state index contributed by atoms with van der Waals surface area (Å²) in [5.74, 6) is -0.339. The third kappa shape index (κ3) is 5.64. The normalized spacial score (nSPS) is 18.4. The average molecular weight is 402 g/mol. The molecule has 0 radical (unpaired) electrons. The standard InChI is InChI=1S/C20H23FN4O4/c1-13(26)25-11-19(9-17(25)12-28-2)29-18-7-14(21)6-16(8-18)24-20(27)23-15-4-3-5-22-10-15/h3-8,10,17,19H,9,11-12H2,1-2H3,(H2,23,24,27)/t17-,19+/m1/s1. The predicted molar refractivity (Wildman–Crippen MR) is 105 cm³/mol. The van der Waals surface area contributed by atoms with Crippen LogP contribution in [0, 0.1) is 5.82 Å². The number of benzene rings is 1. The molecule has 0 aliphatic carbocycles. The van der Waals surface area contributed by atoms with Crippen molar-refractivity contribution in [3.05, 3.63) is 48.5 Å². The molecule has 1 aliphatic rings. The number of carbonyl (C=O) groups is 2. The van der Waals surface area contributed by atoms with Crippen LogP contribution in [0.2, 0.25) is 0 Å². The summed E-state index contributed by atoms with van der Waals surface area (Å²) in [5, 5.41) is 5.18. The second-order valence-electron chi connectivity index (χ2n) is 6.75. The van der Waals surface area contributed by atoms with Gasteiger partial charge in [-0.05, 0) is 18.2 Å². The second kappa shape index (κ2) is 9.33. The summed E-state index contributed by atoms with van der Waals surface area (Å²) in [7, 11) is 1.58. The topological polar surface area (TPSA) is 92.8 Å². The number of rotatable bonds is 6. The molecule has 1 fully saturated rings. The van der Waals surface area contributed by atoms with Gasteiger partial charge >= 0.3 is 6.03 Å². The van der Waals surface area contributed by atoms with E-state index in [2.05, 4.69) is 15.6 Å². The highest BCUT2D eigenvalue weighted by Crippen LogP contribution is 2.26. The fourth-order valence-corrected chi connectivity index (χ4v) is 3.32. The van der Waals surface area contributed by atoms with Crippen LogP contribution in [0.15, 0.2) is 42.7 Å². The molecule has 2 heterocycles. The Bertz CT molecular complexity index is 865. The predicted octanol–water partition coefficient (Wildman–Crippen LogP) is 2.88. The molecule has 29 heavy (non-hydrogen) atoms. The summed E-state index contributed by atoms with van der Waals surface area (Å²) < 4.78 is 25.1. The number of pyridine rings is 1. The molecule has 3 rings (SSSR count). The molecular weight excluding hydrogens is 379 g/mol. The summed E-state index contributed by atoms with van der Waals surface area (Å²) in [6.07, 6.45) is 3.37. The number of anilines is 2. The number of nitrogens with one attached hydrogen (secondary N) is 2. The number of likely N-dealkylation sites (tertiary alicyclic amines) is 1. The van der Waals surface area contributed by atoms with E-state index in [4.69, 9.17) is 9.47 Å². The number of amides is 3. The lowest BCUT2D eigenvalue weighted by Gasteiger charge is -2.21. The molecule has 2 atom stereocenters. The van der Waals surface area contributed by atoms with E-state index in [9.17, 15) is 14.0 Å². The number of methoxy groups -OCH3 is 1. The van der Waals surface area contributed by atoms with E-state index in [0.717, 1.165) is 0 Å². The first-order valence-electron chi connectivity index (χ1n) is 9.16. The Hall–Kier alpha value is -3.20. The monoisotopic (exact) mass is 402 g/mol. The van der Waals surface area contributed by atoms with Crippen molar-refractivity contribution < 1.29 is 23.5 Å². The molecule has 9 heteroatoms. The zero-order valence-corrected chi connectivity index (χ0v) is 16.2. The van der Waals surface area contributed by atoms with Crippen molar-refractivity contribution in [1.82, 2.24) is 9.88 Å². The lowest BCUT2D eigenvalue weighted by atomic mass is 10.2. The number of hydrogen-bond acceptors (Lipinski definition) is 5. The van der Waals surface area contributed by atoms with Crippen LogP contribution in [0.5, 0.6) is 5.75 Å². The maximum atomic E-state index is 14.0. The fourth-order valence-electron chi connectivity index (χ4n) is 3.32. The lowest BCUT2D eigenvalue weighted by Crippen LogP contribution is -2.36. The third-order valence-electron chi connectivity index (χ3n) is 4.49. The molecule has 1 saturated heterocycles. The molecule has 1 aliphatic heterocycles. The van der Waals surface area contributed by atoms with Crippen molar-refractivity contribution in [2.75, 3.05) is 30.9 Å². The fraction of sp³-hybridized carbons (Fsp3) is 0.350. The van der Waals surface area contributed by atoms with Crippen molar-refractivity contribution in [3.63, 3.8) is 0 Å². The van der Waals surface area contributed by atoms with Crippen LogP contribution in [-0.2, 0) is 9.53 Å². The van der Waals surface area contributed by atoms with Gasteiger partial charge in [0.25, 0.3) is 0 Å². The average Bonchev–Trinajstić information content (AvgIpc) is 3.05. The van der Waals surface area contributed by atoms with Crippen molar-refractivity contribution >= 4 is 23.3 Å². The lowest BCUT2D eigenvalue weighted by molar-refractivity contribution is -0.130. The van der Waals surface area contributed by atoms with Crippen LogP contribution in [0.3, 0.4) is 0 Å². The van der Waals surface area contributed by atoms with Crippen LogP contribution in [0.4, 0.5) is 20.6 Å². The number of urea groups is 1. The Labute approximate surface area is 168 Å². The number of aromatic nitrogens is 1. The van der Waals surface area contributed by atoms with E-state index >= 15 is 0 Å². The molecule has 0 saturated carbocycles. The maximum absolute atomic E-state index is 14.0. The van der Waals surface area contributed by atoms with Gasteiger partial charge in [-0.25, -0.2) is 9.18 Å². The van der Waals surface area contributed by atoms with E-state index < -0.39 is 11.8 Å². The summed E-state index contributed by atoms with van der Waals surface area (Å²) in [6, 6.07) is 6.73. The van der Waals surface area contributed by atoms with Gasteiger partial charge in [0.2, 0.25) is 5.91 Å². The molecule has 1 aromatic carbocycles. The molecule has 0 bridgehead atoms.